The Morgan fingerprint density at radius 1 is 0.947 bits per heavy atom. The zero-order valence-corrected chi connectivity index (χ0v) is 23.1. The average molecular weight is 530 g/mol. The maximum absolute atomic E-state index is 13.7. The number of hydrogen-bond acceptors (Lipinski definition) is 8. The summed E-state index contributed by atoms with van der Waals surface area (Å²) in [6.07, 6.45) is 2.57. The molecule has 0 spiro atoms. The molecule has 2 heterocycles. The summed E-state index contributed by atoms with van der Waals surface area (Å²) in [5, 5.41) is 3.21. The van der Waals surface area contributed by atoms with E-state index in [1.807, 2.05) is 30.3 Å². The Balaban J connectivity index is 1.91. The van der Waals surface area contributed by atoms with Crippen LogP contribution in [0.15, 0.2) is 42.7 Å². The Kier molecular flexibility index (Phi) is 8.86. The number of esters is 2. The third-order valence-electron chi connectivity index (χ3n) is 6.17. The van der Waals surface area contributed by atoms with Gasteiger partial charge in [0.2, 0.25) is 5.91 Å². The van der Waals surface area contributed by atoms with Crippen molar-refractivity contribution in [1.29, 1.82) is 0 Å². The highest BCUT2D eigenvalue weighted by Gasteiger charge is 2.56. The highest BCUT2D eigenvalue weighted by atomic mass is 16.6. The van der Waals surface area contributed by atoms with E-state index in [9.17, 15) is 19.2 Å². The van der Waals surface area contributed by atoms with E-state index in [2.05, 4.69) is 5.32 Å². The minimum atomic E-state index is -1.34. The molecule has 1 aromatic rings. The van der Waals surface area contributed by atoms with Crippen molar-refractivity contribution in [3.05, 3.63) is 48.3 Å². The highest BCUT2D eigenvalue weighted by molar-refractivity contribution is 5.94. The zero-order chi connectivity index (χ0) is 28.1. The van der Waals surface area contributed by atoms with Crippen molar-refractivity contribution in [1.82, 2.24) is 15.1 Å². The normalized spacial score (nSPS) is 18.5. The van der Waals surface area contributed by atoms with Gasteiger partial charge in [0.15, 0.2) is 0 Å². The Labute approximate surface area is 224 Å². The third-order valence-corrected chi connectivity index (χ3v) is 6.17. The molecule has 0 aliphatic carbocycles. The summed E-state index contributed by atoms with van der Waals surface area (Å²) in [7, 11) is 0. The predicted octanol–water partition coefficient (Wildman–Crippen LogP) is 3.36. The topological polar surface area (TPSA) is 114 Å². The van der Waals surface area contributed by atoms with E-state index in [0.29, 0.717) is 13.1 Å². The van der Waals surface area contributed by atoms with Gasteiger partial charge in [-0.3, -0.25) is 14.5 Å². The molecule has 2 amide bonds. The smallest absolute Gasteiger partial charge is 0.414 e. The Morgan fingerprint density at radius 3 is 2.11 bits per heavy atom. The molecular weight excluding hydrogens is 490 g/mol. The van der Waals surface area contributed by atoms with Crippen LogP contribution in [-0.2, 0) is 35.2 Å². The van der Waals surface area contributed by atoms with Crippen LogP contribution in [0, 0.1) is 5.41 Å². The lowest BCUT2D eigenvalue weighted by atomic mass is 9.71. The lowest BCUT2D eigenvalue weighted by Gasteiger charge is -2.46. The zero-order valence-electron chi connectivity index (χ0n) is 23.1. The molecule has 2 aliphatic heterocycles. The third kappa shape index (κ3) is 7.34. The van der Waals surface area contributed by atoms with Crippen molar-refractivity contribution in [3.63, 3.8) is 0 Å². The molecule has 2 aliphatic rings. The second kappa shape index (κ2) is 11.6. The minimum Gasteiger partial charge on any atom is -0.459 e. The molecule has 10 heteroatoms. The van der Waals surface area contributed by atoms with Crippen LogP contribution < -0.4 is 5.32 Å². The Hall–Kier alpha value is -3.40. The van der Waals surface area contributed by atoms with E-state index in [-0.39, 0.29) is 26.0 Å². The summed E-state index contributed by atoms with van der Waals surface area (Å²) in [4.78, 5) is 55.8. The quantitative estimate of drug-likeness (QED) is 0.441. The summed E-state index contributed by atoms with van der Waals surface area (Å²) >= 11 is 0. The van der Waals surface area contributed by atoms with Crippen molar-refractivity contribution in [3.8, 4) is 0 Å². The number of rotatable bonds is 6. The van der Waals surface area contributed by atoms with E-state index in [1.165, 1.54) is 17.3 Å². The summed E-state index contributed by atoms with van der Waals surface area (Å²) in [6.45, 7) is 11.1. The average Bonchev–Trinajstić information content (AvgIpc) is 2.82. The number of nitrogens with zero attached hydrogens (tertiary/aromatic N) is 2. The molecule has 1 aromatic carbocycles. The molecule has 1 unspecified atom stereocenters. The maximum atomic E-state index is 13.7. The van der Waals surface area contributed by atoms with Gasteiger partial charge in [0.1, 0.15) is 35.8 Å². The van der Waals surface area contributed by atoms with Crippen molar-refractivity contribution in [2.45, 2.75) is 78.2 Å². The first-order chi connectivity index (χ1) is 17.7. The SMILES string of the molecule is CC(C)(C)OC(=O)C(N1C=CN(C(=O)OCc2ccccc2)CC1=O)C1(C(=O)OC(C)(C)C)CCNCC1. The first kappa shape index (κ1) is 29.2. The lowest BCUT2D eigenvalue weighted by Crippen LogP contribution is -2.63. The van der Waals surface area contributed by atoms with Gasteiger partial charge in [0.05, 0.1) is 0 Å². The number of carbonyl (C=O) groups is 4. The van der Waals surface area contributed by atoms with Crippen LogP contribution in [0.2, 0.25) is 0 Å². The molecular formula is C28H39N3O7. The second-order valence-corrected chi connectivity index (χ2v) is 11.6. The molecule has 38 heavy (non-hydrogen) atoms. The fourth-order valence-electron chi connectivity index (χ4n) is 4.48. The number of hydrogen-bond donors (Lipinski definition) is 1. The Bertz CT molecular complexity index is 1050. The summed E-state index contributed by atoms with van der Waals surface area (Å²) < 4.78 is 16.8. The maximum Gasteiger partial charge on any atom is 0.414 e. The second-order valence-electron chi connectivity index (χ2n) is 11.6. The van der Waals surface area contributed by atoms with Gasteiger partial charge in [-0.1, -0.05) is 30.3 Å². The van der Waals surface area contributed by atoms with Crippen molar-refractivity contribution in [2.75, 3.05) is 19.6 Å². The van der Waals surface area contributed by atoms with E-state index in [0.717, 1.165) is 10.5 Å². The van der Waals surface area contributed by atoms with Crippen LogP contribution in [0.25, 0.3) is 0 Å². The van der Waals surface area contributed by atoms with Crippen LogP contribution in [-0.4, -0.2) is 70.6 Å². The molecule has 3 rings (SSSR count). The van der Waals surface area contributed by atoms with Crippen molar-refractivity contribution >= 4 is 23.9 Å². The number of amides is 2. The monoisotopic (exact) mass is 529 g/mol. The summed E-state index contributed by atoms with van der Waals surface area (Å²) in [5.41, 5.74) is -2.18. The fourth-order valence-corrected chi connectivity index (χ4v) is 4.48. The van der Waals surface area contributed by atoms with E-state index in [1.54, 1.807) is 41.5 Å². The van der Waals surface area contributed by atoms with Crippen LogP contribution in [0.1, 0.15) is 59.9 Å². The molecule has 1 N–H and O–H groups in total. The molecule has 10 nitrogen and oxygen atoms in total. The van der Waals surface area contributed by atoms with Crippen LogP contribution in [0.5, 0.6) is 0 Å². The van der Waals surface area contributed by atoms with Gasteiger partial charge in [-0.05, 0) is 73.0 Å². The highest BCUT2D eigenvalue weighted by Crippen LogP contribution is 2.40. The summed E-state index contributed by atoms with van der Waals surface area (Å²) in [5.74, 6) is -1.81. The number of nitrogens with one attached hydrogen (secondary N) is 1. The van der Waals surface area contributed by atoms with Gasteiger partial charge in [-0.15, -0.1) is 0 Å². The largest absolute Gasteiger partial charge is 0.459 e. The number of carbonyl (C=O) groups excluding carboxylic acids is 4. The van der Waals surface area contributed by atoms with Gasteiger partial charge < -0.3 is 24.4 Å². The number of benzene rings is 1. The van der Waals surface area contributed by atoms with Gasteiger partial charge in [-0.25, -0.2) is 9.59 Å². The van der Waals surface area contributed by atoms with Gasteiger partial charge >= 0.3 is 18.0 Å². The molecule has 1 atom stereocenters. The summed E-state index contributed by atoms with van der Waals surface area (Å²) in [6, 6.07) is 7.91. The van der Waals surface area contributed by atoms with Crippen LogP contribution in [0.3, 0.4) is 0 Å². The van der Waals surface area contributed by atoms with Crippen molar-refractivity contribution in [2.24, 2.45) is 5.41 Å². The van der Waals surface area contributed by atoms with Crippen LogP contribution in [0.4, 0.5) is 4.79 Å². The number of piperidine rings is 1. The fraction of sp³-hybridized carbons (Fsp3) is 0.571. The van der Waals surface area contributed by atoms with Gasteiger partial charge in [-0.2, -0.15) is 0 Å². The molecule has 0 bridgehead atoms. The van der Waals surface area contributed by atoms with E-state index >= 15 is 0 Å². The van der Waals surface area contributed by atoms with Crippen LogP contribution >= 0.6 is 0 Å². The number of ether oxygens (including phenoxy) is 3. The molecule has 0 aromatic heterocycles. The molecule has 208 valence electrons. The van der Waals surface area contributed by atoms with E-state index in [4.69, 9.17) is 14.2 Å². The minimum absolute atomic E-state index is 0.0528. The van der Waals surface area contributed by atoms with Gasteiger partial charge in [0, 0.05) is 12.4 Å². The molecule has 1 fully saturated rings. The predicted molar refractivity (Wildman–Crippen MR) is 139 cm³/mol. The van der Waals surface area contributed by atoms with E-state index < -0.39 is 46.6 Å². The Morgan fingerprint density at radius 2 is 1.55 bits per heavy atom. The molecule has 1 saturated heterocycles. The molecule has 0 radical (unpaired) electrons. The van der Waals surface area contributed by atoms with Gasteiger partial charge in [0.25, 0.3) is 0 Å². The van der Waals surface area contributed by atoms with Crippen molar-refractivity contribution < 1.29 is 33.4 Å². The first-order valence-corrected chi connectivity index (χ1v) is 12.9. The first-order valence-electron chi connectivity index (χ1n) is 12.9. The standard InChI is InChI=1S/C28H39N3O7/c1-26(2,3)37-23(33)22(28(12-14-29-15-13-28)24(34)38-27(4,5)6)31-17-16-30(18-21(31)32)25(35)36-19-20-10-8-7-9-11-20/h7-11,16-17,22,29H,12-15,18-19H2,1-6H3. The molecule has 0 saturated carbocycles. The lowest BCUT2D eigenvalue weighted by molar-refractivity contribution is -0.186.